The van der Waals surface area contributed by atoms with Crippen molar-refractivity contribution in [2.24, 2.45) is 0 Å². The number of nitrogens with zero attached hydrogens (tertiary/aromatic N) is 3. The maximum atomic E-state index is 13.0. The molecule has 0 spiro atoms. The smallest absolute Gasteiger partial charge is 0.264 e. The van der Waals surface area contributed by atoms with Crippen LogP contribution in [0.1, 0.15) is 28.1 Å². The van der Waals surface area contributed by atoms with E-state index in [1.165, 1.54) is 10.1 Å². The van der Waals surface area contributed by atoms with Gasteiger partial charge in [0.15, 0.2) is 0 Å². The Kier molecular flexibility index (Phi) is 4.96. The second-order valence-electron chi connectivity index (χ2n) is 7.21. The predicted molar refractivity (Wildman–Crippen MR) is 105 cm³/mol. The van der Waals surface area contributed by atoms with Crippen LogP contribution in [0.3, 0.4) is 0 Å². The molecule has 0 atom stereocenters. The Bertz CT molecular complexity index is 818. The zero-order valence-corrected chi connectivity index (χ0v) is 16.1. The Labute approximate surface area is 158 Å². The highest BCUT2D eigenvalue weighted by molar-refractivity contribution is 7.21. The minimum Gasteiger partial charge on any atom is -0.342 e. The summed E-state index contributed by atoms with van der Waals surface area (Å²) in [5.74, 6) is 0.372. The van der Waals surface area contributed by atoms with Gasteiger partial charge in [-0.25, -0.2) is 0 Å². The zero-order valence-electron chi connectivity index (χ0n) is 15.2. The van der Waals surface area contributed by atoms with E-state index in [0.29, 0.717) is 19.6 Å². The molecule has 138 valence electrons. The van der Waals surface area contributed by atoms with Gasteiger partial charge in [-0.05, 0) is 36.8 Å². The Morgan fingerprint density at radius 3 is 2.35 bits per heavy atom. The molecule has 0 N–H and O–H groups in total. The van der Waals surface area contributed by atoms with Gasteiger partial charge < -0.3 is 9.80 Å². The molecule has 2 fully saturated rings. The molecule has 6 heteroatoms. The van der Waals surface area contributed by atoms with E-state index in [0.717, 1.165) is 49.5 Å². The Hall–Kier alpha value is -1.92. The summed E-state index contributed by atoms with van der Waals surface area (Å²) in [6, 6.07) is 8.20. The molecule has 2 aliphatic heterocycles. The summed E-state index contributed by atoms with van der Waals surface area (Å²) >= 11 is 1.59. The first-order chi connectivity index (χ1) is 12.6. The molecule has 2 aliphatic rings. The first-order valence-corrected chi connectivity index (χ1v) is 10.2. The number of fused-ring (bicyclic) bond motifs is 1. The Morgan fingerprint density at radius 2 is 1.65 bits per heavy atom. The lowest BCUT2D eigenvalue weighted by Crippen LogP contribution is -2.51. The topological polar surface area (TPSA) is 43.9 Å². The Balaban J connectivity index is 1.37. The summed E-state index contributed by atoms with van der Waals surface area (Å²) < 4.78 is 1.17. The highest BCUT2D eigenvalue weighted by atomic mass is 32.1. The van der Waals surface area contributed by atoms with Crippen LogP contribution >= 0.6 is 11.3 Å². The monoisotopic (exact) mass is 371 g/mol. The molecule has 0 radical (unpaired) electrons. The highest BCUT2D eigenvalue weighted by Crippen LogP contribution is 2.31. The summed E-state index contributed by atoms with van der Waals surface area (Å²) in [4.78, 5) is 32.2. The number of aryl methyl sites for hydroxylation is 1. The van der Waals surface area contributed by atoms with Gasteiger partial charge in [0, 0.05) is 44.0 Å². The molecule has 1 aromatic carbocycles. The molecule has 2 amide bonds. The number of rotatable bonds is 3. The molecule has 2 saturated heterocycles. The number of thiophene rings is 1. The summed E-state index contributed by atoms with van der Waals surface area (Å²) in [5.41, 5.74) is 1.09. The lowest BCUT2D eigenvalue weighted by molar-refractivity contribution is -0.131. The van der Waals surface area contributed by atoms with Crippen molar-refractivity contribution in [1.82, 2.24) is 14.7 Å². The van der Waals surface area contributed by atoms with Gasteiger partial charge in [0.2, 0.25) is 5.91 Å². The van der Waals surface area contributed by atoms with Gasteiger partial charge in [-0.3, -0.25) is 14.5 Å². The van der Waals surface area contributed by atoms with Gasteiger partial charge in [-0.1, -0.05) is 18.2 Å². The number of benzene rings is 1. The van der Waals surface area contributed by atoms with Crippen molar-refractivity contribution in [1.29, 1.82) is 0 Å². The summed E-state index contributed by atoms with van der Waals surface area (Å²) in [7, 11) is 0. The number of hydrogen-bond acceptors (Lipinski definition) is 4. The van der Waals surface area contributed by atoms with E-state index >= 15 is 0 Å². The van der Waals surface area contributed by atoms with Gasteiger partial charge in [0.1, 0.15) is 0 Å². The van der Waals surface area contributed by atoms with Crippen molar-refractivity contribution < 1.29 is 9.59 Å². The minimum absolute atomic E-state index is 0.134. The SMILES string of the molecule is Cc1c(C(=O)N2CCN(CC(=O)N3CCCC3)CC2)sc2ccccc12. The van der Waals surface area contributed by atoms with Gasteiger partial charge in [0.05, 0.1) is 11.4 Å². The van der Waals surface area contributed by atoms with E-state index in [1.807, 2.05) is 28.9 Å². The third kappa shape index (κ3) is 3.35. The molecule has 4 rings (SSSR count). The quantitative estimate of drug-likeness (QED) is 0.833. The molecule has 0 unspecified atom stereocenters. The van der Waals surface area contributed by atoms with Crippen LogP contribution in [0.15, 0.2) is 24.3 Å². The normalized spacial score (nSPS) is 18.7. The van der Waals surface area contributed by atoms with Gasteiger partial charge >= 0.3 is 0 Å². The van der Waals surface area contributed by atoms with Crippen molar-refractivity contribution in [3.63, 3.8) is 0 Å². The van der Waals surface area contributed by atoms with E-state index in [1.54, 1.807) is 11.3 Å². The van der Waals surface area contributed by atoms with Gasteiger partial charge in [-0.2, -0.15) is 0 Å². The maximum absolute atomic E-state index is 13.0. The second kappa shape index (κ2) is 7.37. The molecule has 26 heavy (non-hydrogen) atoms. The fraction of sp³-hybridized carbons (Fsp3) is 0.500. The van der Waals surface area contributed by atoms with Crippen LogP contribution < -0.4 is 0 Å². The number of likely N-dealkylation sites (tertiary alicyclic amines) is 1. The summed E-state index contributed by atoms with van der Waals surface area (Å²) in [5, 5.41) is 1.18. The van der Waals surface area contributed by atoms with Gasteiger partial charge in [0.25, 0.3) is 5.91 Å². The van der Waals surface area contributed by atoms with Gasteiger partial charge in [-0.15, -0.1) is 11.3 Å². The largest absolute Gasteiger partial charge is 0.342 e. The van der Waals surface area contributed by atoms with E-state index < -0.39 is 0 Å². The van der Waals surface area contributed by atoms with Crippen molar-refractivity contribution >= 4 is 33.2 Å². The third-order valence-corrected chi connectivity index (χ3v) is 6.78. The van der Waals surface area contributed by atoms with Crippen molar-refractivity contribution in [2.45, 2.75) is 19.8 Å². The highest BCUT2D eigenvalue weighted by Gasteiger charge is 2.27. The van der Waals surface area contributed by atoms with Crippen molar-refractivity contribution in [2.75, 3.05) is 45.8 Å². The lowest BCUT2D eigenvalue weighted by Gasteiger charge is -2.35. The first-order valence-electron chi connectivity index (χ1n) is 9.41. The number of carbonyl (C=O) groups is 2. The molecule has 0 saturated carbocycles. The number of carbonyl (C=O) groups excluding carboxylic acids is 2. The zero-order chi connectivity index (χ0) is 18.1. The molecule has 0 aliphatic carbocycles. The predicted octanol–water partition coefficient (Wildman–Crippen LogP) is 2.59. The van der Waals surface area contributed by atoms with Crippen molar-refractivity contribution in [3.05, 3.63) is 34.7 Å². The van der Waals surface area contributed by atoms with Crippen molar-refractivity contribution in [3.8, 4) is 0 Å². The molecular formula is C20H25N3O2S. The van der Waals surface area contributed by atoms with E-state index in [2.05, 4.69) is 17.0 Å². The molecule has 1 aromatic heterocycles. The molecule has 3 heterocycles. The fourth-order valence-electron chi connectivity index (χ4n) is 3.89. The van der Waals surface area contributed by atoms with Crippen LogP contribution in [0.4, 0.5) is 0 Å². The molecule has 2 aromatic rings. The van der Waals surface area contributed by atoms with Crippen LogP contribution in [-0.2, 0) is 4.79 Å². The number of piperazine rings is 1. The summed E-state index contributed by atoms with van der Waals surface area (Å²) in [6.07, 6.45) is 2.26. The van der Waals surface area contributed by atoms with Crippen LogP contribution in [0.2, 0.25) is 0 Å². The maximum Gasteiger partial charge on any atom is 0.264 e. The molecule has 5 nitrogen and oxygen atoms in total. The molecular weight excluding hydrogens is 346 g/mol. The average Bonchev–Trinajstić information content (AvgIpc) is 3.31. The Morgan fingerprint density at radius 1 is 0.962 bits per heavy atom. The van der Waals surface area contributed by atoms with Crippen LogP contribution in [0.5, 0.6) is 0 Å². The lowest BCUT2D eigenvalue weighted by atomic mass is 10.1. The molecule has 0 bridgehead atoms. The minimum atomic E-state index is 0.134. The average molecular weight is 372 g/mol. The number of amides is 2. The van der Waals surface area contributed by atoms with E-state index in [9.17, 15) is 9.59 Å². The third-order valence-electron chi connectivity index (χ3n) is 5.52. The fourth-order valence-corrected chi connectivity index (χ4v) is 5.07. The first kappa shape index (κ1) is 17.5. The van der Waals surface area contributed by atoms with Crippen LogP contribution in [0, 0.1) is 6.92 Å². The number of hydrogen-bond donors (Lipinski definition) is 0. The van der Waals surface area contributed by atoms with Crippen LogP contribution in [-0.4, -0.2) is 72.3 Å². The summed E-state index contributed by atoms with van der Waals surface area (Å²) in [6.45, 7) is 7.27. The van der Waals surface area contributed by atoms with E-state index in [-0.39, 0.29) is 11.8 Å². The second-order valence-corrected chi connectivity index (χ2v) is 8.26. The van der Waals surface area contributed by atoms with Crippen LogP contribution in [0.25, 0.3) is 10.1 Å². The standard InChI is InChI=1S/C20H25N3O2S/c1-15-16-6-2-3-7-17(16)26-19(15)20(25)23-12-10-21(11-13-23)14-18(24)22-8-4-5-9-22/h2-3,6-7H,4-5,8-14H2,1H3. The van der Waals surface area contributed by atoms with E-state index in [4.69, 9.17) is 0 Å².